The Morgan fingerprint density at radius 1 is 0.833 bits per heavy atom. The lowest BCUT2D eigenvalue weighted by molar-refractivity contribution is -0.155. The van der Waals surface area contributed by atoms with Crippen molar-refractivity contribution in [2.45, 2.75) is 25.5 Å². The Labute approximate surface area is 176 Å². The topological polar surface area (TPSA) is 64.6 Å². The first-order chi connectivity index (χ1) is 14.6. The van der Waals surface area contributed by atoms with Crippen LogP contribution in [0.4, 0.5) is 0 Å². The summed E-state index contributed by atoms with van der Waals surface area (Å²) < 4.78 is 10.7. The monoisotopic (exact) mass is 403 g/mol. The van der Waals surface area contributed by atoms with Crippen molar-refractivity contribution in [3.8, 4) is 5.75 Å². The lowest BCUT2D eigenvalue weighted by atomic mass is 9.91. The number of carbonyl (C=O) groups is 2. The van der Waals surface area contributed by atoms with E-state index in [4.69, 9.17) is 9.47 Å². The maximum absolute atomic E-state index is 13.0. The molecule has 1 amide bonds. The molecular weight excluding hydrogens is 378 g/mol. The second kappa shape index (κ2) is 10.3. The van der Waals surface area contributed by atoms with Crippen molar-refractivity contribution in [2.24, 2.45) is 0 Å². The number of hydrogen-bond acceptors (Lipinski definition) is 4. The van der Waals surface area contributed by atoms with E-state index in [1.165, 1.54) is 0 Å². The molecule has 3 aromatic rings. The lowest BCUT2D eigenvalue weighted by Gasteiger charge is -2.20. The zero-order valence-electron chi connectivity index (χ0n) is 17.1. The van der Waals surface area contributed by atoms with Gasteiger partial charge in [-0.2, -0.15) is 0 Å². The van der Waals surface area contributed by atoms with Gasteiger partial charge in [0.05, 0.1) is 7.11 Å². The van der Waals surface area contributed by atoms with Crippen LogP contribution in [0.15, 0.2) is 84.9 Å². The molecule has 5 heteroatoms. The van der Waals surface area contributed by atoms with Gasteiger partial charge in [-0.1, -0.05) is 72.8 Å². The number of ether oxygens (including phenoxy) is 2. The molecule has 0 saturated carbocycles. The Morgan fingerprint density at radius 3 is 1.87 bits per heavy atom. The van der Waals surface area contributed by atoms with Crippen LogP contribution in [0.3, 0.4) is 0 Å². The van der Waals surface area contributed by atoms with Crippen LogP contribution in [0.25, 0.3) is 0 Å². The fraction of sp³-hybridized carbons (Fsp3) is 0.200. The van der Waals surface area contributed by atoms with Crippen molar-refractivity contribution in [3.05, 3.63) is 102 Å². The minimum Gasteiger partial charge on any atom is -0.497 e. The summed E-state index contributed by atoms with van der Waals surface area (Å²) in [6.07, 6.45) is -0.911. The number of amides is 1. The Bertz CT molecular complexity index is 916. The van der Waals surface area contributed by atoms with Gasteiger partial charge in [-0.15, -0.1) is 0 Å². The van der Waals surface area contributed by atoms with Gasteiger partial charge in [0.25, 0.3) is 5.91 Å². The molecule has 0 saturated heterocycles. The first-order valence-electron chi connectivity index (χ1n) is 9.79. The van der Waals surface area contributed by atoms with Gasteiger partial charge >= 0.3 is 5.97 Å². The smallest absolute Gasteiger partial charge is 0.318 e. The van der Waals surface area contributed by atoms with E-state index in [0.717, 1.165) is 22.4 Å². The summed E-state index contributed by atoms with van der Waals surface area (Å²) >= 11 is 0. The number of hydrogen-bond donors (Lipinski definition) is 1. The Hall–Kier alpha value is -3.60. The van der Waals surface area contributed by atoms with Crippen LogP contribution in [0.2, 0.25) is 0 Å². The maximum Gasteiger partial charge on any atom is 0.318 e. The molecule has 0 unspecified atom stereocenters. The second-order valence-corrected chi connectivity index (χ2v) is 6.90. The third kappa shape index (κ3) is 5.47. The molecule has 0 fully saturated rings. The first kappa shape index (κ1) is 21.1. The van der Waals surface area contributed by atoms with Crippen molar-refractivity contribution in [3.63, 3.8) is 0 Å². The largest absolute Gasteiger partial charge is 0.497 e. The van der Waals surface area contributed by atoms with Crippen LogP contribution < -0.4 is 10.1 Å². The second-order valence-electron chi connectivity index (χ2n) is 6.90. The highest BCUT2D eigenvalue weighted by Gasteiger charge is 2.27. The Kier molecular flexibility index (Phi) is 7.22. The summed E-state index contributed by atoms with van der Waals surface area (Å²) in [4.78, 5) is 25.4. The number of esters is 1. The molecule has 5 nitrogen and oxygen atoms in total. The van der Waals surface area contributed by atoms with E-state index < -0.39 is 18.0 Å². The number of methoxy groups -OCH3 is 1. The van der Waals surface area contributed by atoms with Crippen LogP contribution in [-0.4, -0.2) is 25.1 Å². The van der Waals surface area contributed by atoms with E-state index >= 15 is 0 Å². The van der Waals surface area contributed by atoms with Gasteiger partial charge in [-0.25, -0.2) is 0 Å². The average Bonchev–Trinajstić information content (AvgIpc) is 2.79. The minimum atomic E-state index is -0.911. The van der Waals surface area contributed by atoms with Gasteiger partial charge in [-0.05, 0) is 35.7 Å². The summed E-state index contributed by atoms with van der Waals surface area (Å²) in [6.45, 7) is 1.92. The Balaban J connectivity index is 1.65. The summed E-state index contributed by atoms with van der Waals surface area (Å²) in [6, 6.07) is 26.2. The van der Waals surface area contributed by atoms with Crippen molar-refractivity contribution < 1.29 is 19.1 Å². The third-order valence-electron chi connectivity index (χ3n) is 4.79. The van der Waals surface area contributed by atoms with Crippen molar-refractivity contribution >= 4 is 11.9 Å². The predicted molar refractivity (Wildman–Crippen MR) is 115 cm³/mol. The number of benzene rings is 3. The standard InChI is InChI=1S/C25H25NO4/c1-18(24(27)26-17-19-13-15-22(29-2)16-14-19)30-25(28)23(20-9-5-3-6-10-20)21-11-7-4-8-12-21/h3-16,18,23H,17H2,1-2H3,(H,26,27)/t18-/m1/s1. The number of rotatable bonds is 8. The molecule has 3 aromatic carbocycles. The molecule has 154 valence electrons. The Morgan fingerprint density at radius 2 is 1.37 bits per heavy atom. The molecule has 0 aliphatic heterocycles. The zero-order valence-corrected chi connectivity index (χ0v) is 17.1. The van der Waals surface area contributed by atoms with E-state index in [2.05, 4.69) is 5.32 Å². The van der Waals surface area contributed by atoms with Crippen LogP contribution in [0, 0.1) is 0 Å². The number of nitrogens with one attached hydrogen (secondary N) is 1. The summed E-state index contributed by atoms with van der Waals surface area (Å²) in [5.74, 6) is -0.650. The first-order valence-corrected chi connectivity index (χ1v) is 9.79. The SMILES string of the molecule is COc1ccc(CNC(=O)[C@@H](C)OC(=O)C(c2ccccc2)c2ccccc2)cc1. The maximum atomic E-state index is 13.0. The zero-order chi connectivity index (χ0) is 21.3. The van der Waals surface area contributed by atoms with Gasteiger partial charge < -0.3 is 14.8 Å². The summed E-state index contributed by atoms with van der Waals surface area (Å²) in [5, 5.41) is 2.80. The molecule has 0 heterocycles. The molecule has 0 aliphatic carbocycles. The highest BCUT2D eigenvalue weighted by molar-refractivity contribution is 5.87. The van der Waals surface area contributed by atoms with Crippen molar-refractivity contribution in [1.82, 2.24) is 5.32 Å². The third-order valence-corrected chi connectivity index (χ3v) is 4.79. The quantitative estimate of drug-likeness (QED) is 0.576. The molecule has 3 rings (SSSR count). The molecule has 0 aliphatic rings. The van der Waals surface area contributed by atoms with E-state index in [0.29, 0.717) is 6.54 Å². The van der Waals surface area contributed by atoms with Crippen LogP contribution in [-0.2, 0) is 20.9 Å². The molecule has 1 N–H and O–H groups in total. The predicted octanol–water partition coefficient (Wildman–Crippen LogP) is 4.08. The van der Waals surface area contributed by atoms with Gasteiger partial charge in [0.15, 0.2) is 6.10 Å². The molecule has 0 spiro atoms. The number of carbonyl (C=O) groups excluding carboxylic acids is 2. The van der Waals surface area contributed by atoms with Crippen LogP contribution in [0.1, 0.15) is 29.5 Å². The molecule has 0 bridgehead atoms. The van der Waals surface area contributed by atoms with Crippen LogP contribution >= 0.6 is 0 Å². The van der Waals surface area contributed by atoms with E-state index in [1.807, 2.05) is 84.9 Å². The minimum absolute atomic E-state index is 0.339. The highest BCUT2D eigenvalue weighted by Crippen LogP contribution is 2.26. The molecule has 0 aromatic heterocycles. The van der Waals surface area contributed by atoms with Gasteiger partial charge in [0, 0.05) is 6.54 Å². The van der Waals surface area contributed by atoms with Crippen molar-refractivity contribution in [2.75, 3.05) is 7.11 Å². The fourth-order valence-corrected chi connectivity index (χ4v) is 3.13. The van der Waals surface area contributed by atoms with Crippen LogP contribution in [0.5, 0.6) is 5.75 Å². The van der Waals surface area contributed by atoms with Gasteiger partial charge in [0.2, 0.25) is 0 Å². The molecule has 30 heavy (non-hydrogen) atoms. The van der Waals surface area contributed by atoms with Gasteiger partial charge in [-0.3, -0.25) is 9.59 Å². The van der Waals surface area contributed by atoms with Gasteiger partial charge in [0.1, 0.15) is 11.7 Å². The summed E-state index contributed by atoms with van der Waals surface area (Å²) in [5.41, 5.74) is 2.56. The average molecular weight is 403 g/mol. The molecule has 1 atom stereocenters. The molecular formula is C25H25NO4. The van der Waals surface area contributed by atoms with E-state index in [-0.39, 0.29) is 5.91 Å². The molecule has 0 radical (unpaired) electrons. The van der Waals surface area contributed by atoms with E-state index in [1.54, 1.807) is 14.0 Å². The normalized spacial score (nSPS) is 11.6. The van der Waals surface area contributed by atoms with E-state index in [9.17, 15) is 9.59 Å². The highest BCUT2D eigenvalue weighted by atomic mass is 16.5. The fourth-order valence-electron chi connectivity index (χ4n) is 3.13. The lowest BCUT2D eigenvalue weighted by Crippen LogP contribution is -2.36. The summed E-state index contributed by atoms with van der Waals surface area (Å²) in [7, 11) is 1.60. The van der Waals surface area contributed by atoms with Crippen molar-refractivity contribution in [1.29, 1.82) is 0 Å².